The Hall–Kier alpha value is -4.44. The fourth-order valence-electron chi connectivity index (χ4n) is 4.54. The Morgan fingerprint density at radius 3 is 2.25 bits per heavy atom. The van der Waals surface area contributed by atoms with Crippen molar-refractivity contribution in [3.05, 3.63) is 122 Å². The first kappa shape index (κ1) is 27.1. The zero-order valence-corrected chi connectivity index (χ0v) is 23.2. The number of hydrogen-bond donors (Lipinski definition) is 2. The average molecular weight is 558 g/mol. The number of aromatic nitrogens is 4. The van der Waals surface area contributed by atoms with Gasteiger partial charge in [0.1, 0.15) is 11.3 Å². The summed E-state index contributed by atoms with van der Waals surface area (Å²) in [6.45, 7) is 4.59. The van der Waals surface area contributed by atoms with E-state index < -0.39 is 15.6 Å². The lowest BCUT2D eigenvalue weighted by Crippen LogP contribution is -2.40. The van der Waals surface area contributed by atoms with Crippen LogP contribution in [0.2, 0.25) is 0 Å². The van der Waals surface area contributed by atoms with Crippen molar-refractivity contribution < 1.29 is 8.42 Å². The third-order valence-corrected chi connectivity index (χ3v) is 8.14. The number of hydrogen-bond acceptors (Lipinski definition) is 5. The number of rotatable bonds is 10. The molecule has 10 heteroatoms. The van der Waals surface area contributed by atoms with E-state index in [2.05, 4.69) is 14.7 Å². The summed E-state index contributed by atoms with van der Waals surface area (Å²) in [5.74, 6) is 0.516. The molecule has 5 aromatic rings. The van der Waals surface area contributed by atoms with E-state index in [1.54, 1.807) is 41.0 Å². The summed E-state index contributed by atoms with van der Waals surface area (Å²) in [5.41, 5.74) is 3.00. The summed E-state index contributed by atoms with van der Waals surface area (Å²) in [5, 5.41) is 0. The normalized spacial score (nSPS) is 11.7. The summed E-state index contributed by atoms with van der Waals surface area (Å²) >= 11 is 0. The lowest BCUT2D eigenvalue weighted by Gasteiger charge is -2.11. The third kappa shape index (κ3) is 5.76. The number of H-pyrrole nitrogens is 1. The first-order valence-corrected chi connectivity index (χ1v) is 14.7. The molecule has 0 spiro atoms. The number of sulfonamides is 1. The number of nitrogens with one attached hydrogen (secondary N) is 2. The van der Waals surface area contributed by atoms with Crippen LogP contribution in [0.4, 0.5) is 5.69 Å². The van der Waals surface area contributed by atoms with E-state index in [4.69, 9.17) is 0 Å². The van der Waals surface area contributed by atoms with Crippen LogP contribution in [-0.4, -0.2) is 27.5 Å². The maximum absolute atomic E-state index is 13.4. The Balaban J connectivity index is 1.43. The molecule has 0 aliphatic heterocycles. The van der Waals surface area contributed by atoms with Gasteiger partial charge in [-0.15, -0.1) is 0 Å². The van der Waals surface area contributed by atoms with Gasteiger partial charge in [0.2, 0.25) is 0 Å². The highest BCUT2D eigenvalue weighted by Gasteiger charge is 2.18. The minimum Gasteiger partial charge on any atom is -0.336 e. The van der Waals surface area contributed by atoms with Gasteiger partial charge >= 0.3 is 5.69 Å². The van der Waals surface area contributed by atoms with Crippen LogP contribution >= 0.6 is 0 Å². The van der Waals surface area contributed by atoms with Gasteiger partial charge in [0.05, 0.1) is 11.4 Å². The van der Waals surface area contributed by atoms with Gasteiger partial charge in [0.25, 0.3) is 15.6 Å². The van der Waals surface area contributed by atoms with Gasteiger partial charge in [0, 0.05) is 18.7 Å². The van der Waals surface area contributed by atoms with Gasteiger partial charge in [0.15, 0.2) is 5.65 Å². The molecule has 0 aliphatic carbocycles. The van der Waals surface area contributed by atoms with Gasteiger partial charge in [-0.2, -0.15) is 0 Å². The Kier molecular flexibility index (Phi) is 7.70. The van der Waals surface area contributed by atoms with Crippen LogP contribution in [0.3, 0.4) is 0 Å². The summed E-state index contributed by atoms with van der Waals surface area (Å²) < 4.78 is 31.1. The molecule has 0 saturated carbocycles. The molecule has 3 aromatic carbocycles. The molecular weight excluding hydrogens is 526 g/mol. The van der Waals surface area contributed by atoms with Crippen molar-refractivity contribution in [2.45, 2.75) is 51.1 Å². The molecule has 0 aliphatic rings. The van der Waals surface area contributed by atoms with E-state index in [0.29, 0.717) is 30.1 Å². The number of anilines is 1. The Morgan fingerprint density at radius 2 is 1.57 bits per heavy atom. The highest BCUT2D eigenvalue weighted by atomic mass is 32.2. The monoisotopic (exact) mass is 557 g/mol. The average Bonchev–Trinajstić information content (AvgIpc) is 3.37. The van der Waals surface area contributed by atoms with Crippen molar-refractivity contribution in [2.75, 3.05) is 4.72 Å². The second kappa shape index (κ2) is 11.4. The molecular formula is C30H31N5O4S. The summed E-state index contributed by atoms with van der Waals surface area (Å²) in [6.07, 6.45) is 1.99. The largest absolute Gasteiger partial charge is 0.336 e. The highest BCUT2D eigenvalue weighted by molar-refractivity contribution is 7.92. The number of unbranched alkanes of at least 4 members (excludes halogenated alkanes) is 1. The number of benzene rings is 3. The molecule has 0 unspecified atom stereocenters. The number of imidazole rings is 1. The summed E-state index contributed by atoms with van der Waals surface area (Å²) in [4.78, 5) is 34.6. The lowest BCUT2D eigenvalue weighted by molar-refractivity contribution is 0.569. The SMILES string of the molecule is CCCCn1c(=O)n(Cc2ccccc2)c(=O)c2[nH]c(Cc3ccc(S(=O)(=O)Nc4ccc(C)cc4)cc3)nc21. The lowest BCUT2D eigenvalue weighted by atomic mass is 10.1. The fraction of sp³-hybridized carbons (Fsp3) is 0.233. The van der Waals surface area contributed by atoms with Gasteiger partial charge in [-0.25, -0.2) is 18.2 Å². The summed E-state index contributed by atoms with van der Waals surface area (Å²) in [7, 11) is -3.75. The second-order valence-corrected chi connectivity index (χ2v) is 11.5. The van der Waals surface area contributed by atoms with Gasteiger partial charge < -0.3 is 4.98 Å². The van der Waals surface area contributed by atoms with Crippen LogP contribution in [0, 0.1) is 6.92 Å². The molecule has 0 atom stereocenters. The predicted octanol–water partition coefficient (Wildman–Crippen LogP) is 4.43. The molecule has 2 aromatic heterocycles. The number of aryl methyl sites for hydroxylation is 2. The van der Waals surface area contributed by atoms with Crippen LogP contribution in [0.5, 0.6) is 0 Å². The maximum Gasteiger partial charge on any atom is 0.333 e. The quantitative estimate of drug-likeness (QED) is 0.263. The Bertz CT molecular complexity index is 1850. The van der Waals surface area contributed by atoms with Crippen LogP contribution < -0.4 is 16.0 Å². The predicted molar refractivity (Wildman–Crippen MR) is 156 cm³/mol. The van der Waals surface area contributed by atoms with E-state index in [9.17, 15) is 18.0 Å². The molecule has 5 rings (SSSR count). The van der Waals surface area contributed by atoms with Crippen molar-refractivity contribution in [1.82, 2.24) is 19.1 Å². The molecule has 0 saturated heterocycles. The number of aromatic amines is 1. The zero-order chi connectivity index (χ0) is 28.3. The minimum atomic E-state index is -3.75. The first-order chi connectivity index (χ1) is 19.2. The smallest absolute Gasteiger partial charge is 0.333 e. The van der Waals surface area contributed by atoms with Crippen molar-refractivity contribution in [3.63, 3.8) is 0 Å². The fourth-order valence-corrected chi connectivity index (χ4v) is 5.60. The third-order valence-electron chi connectivity index (χ3n) is 6.74. The van der Waals surface area contributed by atoms with Crippen LogP contribution in [-0.2, 0) is 29.5 Å². The molecule has 40 heavy (non-hydrogen) atoms. The molecule has 9 nitrogen and oxygen atoms in total. The molecule has 0 amide bonds. The van der Waals surface area contributed by atoms with E-state index in [-0.39, 0.29) is 22.6 Å². The zero-order valence-electron chi connectivity index (χ0n) is 22.4. The van der Waals surface area contributed by atoms with Crippen molar-refractivity contribution >= 4 is 26.9 Å². The standard InChI is InChI=1S/C30H31N5O4S/c1-3-4-18-34-28-27(29(36)35(30(34)37)20-23-8-6-5-7-9-23)31-26(32-28)19-22-12-16-25(17-13-22)40(38,39)33-24-14-10-21(2)11-15-24/h5-17,33H,3-4,18-20H2,1-2H3,(H,31,32). The van der Waals surface area contributed by atoms with Gasteiger partial charge in [-0.3, -0.25) is 18.7 Å². The number of fused-ring (bicyclic) bond motifs is 1. The minimum absolute atomic E-state index is 0.138. The van der Waals surface area contributed by atoms with Crippen molar-refractivity contribution in [1.29, 1.82) is 0 Å². The topological polar surface area (TPSA) is 119 Å². The van der Waals surface area contributed by atoms with Gasteiger partial charge in [-0.1, -0.05) is 73.5 Å². The molecule has 206 valence electrons. The van der Waals surface area contributed by atoms with E-state index in [1.807, 2.05) is 56.3 Å². The Labute approximate surface area is 232 Å². The Morgan fingerprint density at radius 1 is 0.875 bits per heavy atom. The number of nitrogens with zero attached hydrogens (tertiary/aromatic N) is 3. The van der Waals surface area contributed by atoms with E-state index in [1.165, 1.54) is 4.57 Å². The second-order valence-electron chi connectivity index (χ2n) is 9.84. The maximum atomic E-state index is 13.4. The molecule has 0 fully saturated rings. The molecule has 2 N–H and O–H groups in total. The van der Waals surface area contributed by atoms with E-state index in [0.717, 1.165) is 29.5 Å². The highest BCUT2D eigenvalue weighted by Crippen LogP contribution is 2.19. The van der Waals surface area contributed by atoms with Crippen molar-refractivity contribution in [3.8, 4) is 0 Å². The van der Waals surface area contributed by atoms with E-state index >= 15 is 0 Å². The first-order valence-electron chi connectivity index (χ1n) is 13.2. The van der Waals surface area contributed by atoms with Crippen LogP contribution in [0.1, 0.15) is 42.3 Å². The summed E-state index contributed by atoms with van der Waals surface area (Å²) in [6, 6.07) is 23.0. The molecule has 2 heterocycles. The molecule has 0 radical (unpaired) electrons. The van der Waals surface area contributed by atoms with Crippen LogP contribution in [0.15, 0.2) is 93.3 Å². The van der Waals surface area contributed by atoms with Crippen LogP contribution in [0.25, 0.3) is 11.2 Å². The van der Waals surface area contributed by atoms with Gasteiger partial charge in [-0.05, 0) is 48.7 Å². The molecule has 0 bridgehead atoms. The van der Waals surface area contributed by atoms with Crippen molar-refractivity contribution in [2.24, 2.45) is 0 Å².